The monoisotopic (exact) mass is 279 g/mol. The summed E-state index contributed by atoms with van der Waals surface area (Å²) < 4.78 is 10.8. The Morgan fingerprint density at radius 2 is 2.25 bits per heavy atom. The Kier molecular flexibility index (Phi) is 6.59. The van der Waals surface area contributed by atoms with Crippen molar-refractivity contribution in [3.05, 3.63) is 36.4 Å². The molecule has 1 aromatic carbocycles. The molecule has 0 spiro atoms. The van der Waals surface area contributed by atoms with E-state index in [-0.39, 0.29) is 0 Å². The molecule has 0 fully saturated rings. The molecule has 0 amide bonds. The highest BCUT2D eigenvalue weighted by atomic mass is 16.5. The van der Waals surface area contributed by atoms with Crippen molar-refractivity contribution >= 4 is 5.97 Å². The zero-order chi connectivity index (χ0) is 15.0. The molecule has 5 nitrogen and oxygen atoms in total. The van der Waals surface area contributed by atoms with E-state index in [9.17, 15) is 9.90 Å². The van der Waals surface area contributed by atoms with Crippen LogP contribution >= 0.6 is 0 Å². The Balaban J connectivity index is 2.99. The summed E-state index contributed by atoms with van der Waals surface area (Å²) in [6, 6.07) is 4.33. The predicted molar refractivity (Wildman–Crippen MR) is 77.4 cm³/mol. The van der Waals surface area contributed by atoms with Gasteiger partial charge < -0.3 is 14.6 Å². The van der Waals surface area contributed by atoms with Crippen molar-refractivity contribution in [2.75, 3.05) is 20.3 Å². The van der Waals surface area contributed by atoms with Crippen LogP contribution in [0.25, 0.3) is 0 Å². The Morgan fingerprint density at radius 3 is 2.80 bits per heavy atom. The topological polar surface area (TPSA) is 67.8 Å². The van der Waals surface area contributed by atoms with Crippen molar-refractivity contribution in [1.82, 2.24) is 5.32 Å². The van der Waals surface area contributed by atoms with Crippen LogP contribution in [0.3, 0.4) is 0 Å². The fourth-order valence-corrected chi connectivity index (χ4v) is 1.74. The van der Waals surface area contributed by atoms with Gasteiger partial charge in [0.1, 0.15) is 6.04 Å². The van der Waals surface area contributed by atoms with Crippen LogP contribution in [0, 0.1) is 0 Å². The van der Waals surface area contributed by atoms with E-state index in [0.717, 1.165) is 6.42 Å². The SMILES string of the molecule is C=CCNC(C(=O)O)c1ccc(OCCC)c(OC)c1. The largest absolute Gasteiger partial charge is 0.493 e. The van der Waals surface area contributed by atoms with E-state index in [1.54, 1.807) is 24.3 Å². The Morgan fingerprint density at radius 1 is 1.50 bits per heavy atom. The molecule has 5 heteroatoms. The zero-order valence-corrected chi connectivity index (χ0v) is 11.9. The van der Waals surface area contributed by atoms with Gasteiger partial charge >= 0.3 is 5.97 Å². The molecule has 20 heavy (non-hydrogen) atoms. The van der Waals surface area contributed by atoms with Crippen LogP contribution in [0.1, 0.15) is 24.9 Å². The Hall–Kier alpha value is -2.01. The lowest BCUT2D eigenvalue weighted by Gasteiger charge is -2.16. The predicted octanol–water partition coefficient (Wildman–Crippen LogP) is 2.39. The molecule has 0 aliphatic heterocycles. The molecule has 1 rings (SSSR count). The van der Waals surface area contributed by atoms with Gasteiger partial charge in [0.2, 0.25) is 0 Å². The summed E-state index contributed by atoms with van der Waals surface area (Å²) in [7, 11) is 1.53. The first-order chi connectivity index (χ1) is 9.63. The lowest BCUT2D eigenvalue weighted by Crippen LogP contribution is -2.28. The van der Waals surface area contributed by atoms with Crippen molar-refractivity contribution in [2.24, 2.45) is 0 Å². The van der Waals surface area contributed by atoms with Crippen molar-refractivity contribution in [2.45, 2.75) is 19.4 Å². The highest BCUT2D eigenvalue weighted by Crippen LogP contribution is 2.30. The van der Waals surface area contributed by atoms with E-state index in [1.807, 2.05) is 6.92 Å². The lowest BCUT2D eigenvalue weighted by atomic mass is 10.1. The summed E-state index contributed by atoms with van der Waals surface area (Å²) in [6.45, 7) is 6.58. The standard InChI is InChI=1S/C15H21NO4/c1-4-8-16-14(15(17)18)11-6-7-12(20-9-5-2)13(10-11)19-3/h4,6-7,10,14,16H,1,5,8-9H2,2-3H3,(H,17,18). The lowest BCUT2D eigenvalue weighted by molar-refractivity contribution is -0.139. The maximum atomic E-state index is 11.3. The average molecular weight is 279 g/mol. The van der Waals surface area contributed by atoms with Gasteiger partial charge in [0.15, 0.2) is 11.5 Å². The zero-order valence-electron chi connectivity index (χ0n) is 11.9. The van der Waals surface area contributed by atoms with Crippen molar-refractivity contribution in [3.8, 4) is 11.5 Å². The third kappa shape index (κ3) is 4.28. The minimum absolute atomic E-state index is 0.410. The van der Waals surface area contributed by atoms with Crippen LogP contribution in [-0.4, -0.2) is 31.3 Å². The average Bonchev–Trinajstić information content (AvgIpc) is 2.45. The number of benzene rings is 1. The first-order valence-electron chi connectivity index (χ1n) is 6.51. The molecular weight excluding hydrogens is 258 g/mol. The normalized spacial score (nSPS) is 11.7. The van der Waals surface area contributed by atoms with E-state index in [1.165, 1.54) is 7.11 Å². The number of ether oxygens (including phenoxy) is 2. The van der Waals surface area contributed by atoms with Gasteiger partial charge in [0.25, 0.3) is 0 Å². The number of hydrogen-bond donors (Lipinski definition) is 2. The summed E-state index contributed by atoms with van der Waals surface area (Å²) in [5, 5.41) is 12.1. The quantitative estimate of drug-likeness (QED) is 0.679. The fraction of sp³-hybridized carbons (Fsp3) is 0.400. The summed E-state index contributed by atoms with van der Waals surface area (Å²) in [4.78, 5) is 11.3. The van der Waals surface area contributed by atoms with Crippen LogP contribution in [-0.2, 0) is 4.79 Å². The summed E-state index contributed by atoms with van der Waals surface area (Å²) in [5.74, 6) is 0.199. The van der Waals surface area contributed by atoms with Crippen LogP contribution in [0.15, 0.2) is 30.9 Å². The molecule has 0 saturated carbocycles. The molecule has 1 aromatic rings. The maximum absolute atomic E-state index is 11.3. The van der Waals surface area contributed by atoms with E-state index in [4.69, 9.17) is 9.47 Å². The molecule has 0 aromatic heterocycles. The molecule has 0 aliphatic carbocycles. The van der Waals surface area contributed by atoms with Gasteiger partial charge in [-0.3, -0.25) is 10.1 Å². The van der Waals surface area contributed by atoms with Crippen molar-refractivity contribution < 1.29 is 19.4 Å². The Bertz CT molecular complexity index is 459. The first kappa shape index (κ1) is 16.0. The summed E-state index contributed by atoms with van der Waals surface area (Å²) >= 11 is 0. The molecule has 0 bridgehead atoms. The van der Waals surface area contributed by atoms with E-state index in [2.05, 4.69) is 11.9 Å². The van der Waals surface area contributed by atoms with Gasteiger partial charge in [-0.05, 0) is 24.1 Å². The van der Waals surface area contributed by atoms with Gasteiger partial charge in [0, 0.05) is 6.54 Å². The number of carboxylic acid groups (broad SMARTS) is 1. The molecule has 0 aliphatic rings. The second kappa shape index (κ2) is 8.22. The smallest absolute Gasteiger partial charge is 0.325 e. The molecule has 0 saturated heterocycles. The second-order valence-corrected chi connectivity index (χ2v) is 4.23. The van der Waals surface area contributed by atoms with E-state index >= 15 is 0 Å². The number of carboxylic acids is 1. The third-order valence-electron chi connectivity index (χ3n) is 2.70. The highest BCUT2D eigenvalue weighted by molar-refractivity contribution is 5.76. The highest BCUT2D eigenvalue weighted by Gasteiger charge is 2.20. The van der Waals surface area contributed by atoms with E-state index in [0.29, 0.717) is 30.2 Å². The first-order valence-corrected chi connectivity index (χ1v) is 6.51. The molecule has 2 N–H and O–H groups in total. The Labute approximate surface area is 119 Å². The van der Waals surface area contributed by atoms with Gasteiger partial charge in [-0.15, -0.1) is 6.58 Å². The van der Waals surface area contributed by atoms with Gasteiger partial charge in [-0.2, -0.15) is 0 Å². The maximum Gasteiger partial charge on any atom is 0.325 e. The van der Waals surface area contributed by atoms with Crippen LogP contribution in [0.2, 0.25) is 0 Å². The molecular formula is C15H21NO4. The molecule has 0 heterocycles. The van der Waals surface area contributed by atoms with Crippen LogP contribution in [0.5, 0.6) is 11.5 Å². The number of aliphatic carboxylic acids is 1. The minimum Gasteiger partial charge on any atom is -0.493 e. The summed E-state index contributed by atoms with van der Waals surface area (Å²) in [6.07, 6.45) is 2.51. The number of hydrogen-bond acceptors (Lipinski definition) is 4. The third-order valence-corrected chi connectivity index (χ3v) is 2.70. The second-order valence-electron chi connectivity index (χ2n) is 4.23. The van der Waals surface area contributed by atoms with Crippen LogP contribution in [0.4, 0.5) is 0 Å². The fourth-order valence-electron chi connectivity index (χ4n) is 1.74. The van der Waals surface area contributed by atoms with Crippen LogP contribution < -0.4 is 14.8 Å². The van der Waals surface area contributed by atoms with Gasteiger partial charge in [-0.1, -0.05) is 19.1 Å². The van der Waals surface area contributed by atoms with Crippen molar-refractivity contribution in [1.29, 1.82) is 0 Å². The molecule has 1 atom stereocenters. The summed E-state index contributed by atoms with van der Waals surface area (Å²) in [5.41, 5.74) is 0.611. The number of carbonyl (C=O) groups is 1. The van der Waals surface area contributed by atoms with Gasteiger partial charge in [0.05, 0.1) is 13.7 Å². The molecule has 0 radical (unpaired) electrons. The number of rotatable bonds is 9. The van der Waals surface area contributed by atoms with Crippen molar-refractivity contribution in [3.63, 3.8) is 0 Å². The molecule has 1 unspecified atom stereocenters. The van der Waals surface area contributed by atoms with E-state index < -0.39 is 12.0 Å². The molecule has 110 valence electrons. The van der Waals surface area contributed by atoms with Gasteiger partial charge in [-0.25, -0.2) is 0 Å². The number of methoxy groups -OCH3 is 1. The number of nitrogens with one attached hydrogen (secondary N) is 1. The minimum atomic E-state index is -0.948.